The molecule has 1 aromatic carbocycles. The van der Waals surface area contributed by atoms with Gasteiger partial charge in [0.25, 0.3) is 5.91 Å². The number of phenolic OH excluding ortho intramolecular Hbond substituents is 1. The number of benzene rings is 1. The zero-order chi connectivity index (χ0) is 27.0. The number of ketones is 2. The molecule has 0 saturated heterocycles. The number of likely N-dealkylation sites (N-methyl/N-ethyl adjacent to an activating group) is 1. The Morgan fingerprint density at radius 1 is 1.19 bits per heavy atom. The van der Waals surface area contributed by atoms with E-state index in [1.165, 1.54) is 11.0 Å². The van der Waals surface area contributed by atoms with Crippen LogP contribution in [0.5, 0.6) is 5.75 Å². The molecule has 2 aromatic rings. The van der Waals surface area contributed by atoms with Crippen molar-refractivity contribution in [3.63, 3.8) is 0 Å². The predicted octanol–water partition coefficient (Wildman–Crippen LogP) is 0.608. The summed E-state index contributed by atoms with van der Waals surface area (Å²) < 4.78 is 0. The molecule has 5 rings (SSSR count). The molecule has 1 amide bonds. The summed E-state index contributed by atoms with van der Waals surface area (Å²) in [4.78, 5) is 44.9. The number of fused-ring (bicyclic) bond motifs is 3. The normalized spacial score (nSPS) is 27.2. The number of anilines is 1. The van der Waals surface area contributed by atoms with Gasteiger partial charge in [0.15, 0.2) is 11.4 Å². The van der Waals surface area contributed by atoms with Crippen molar-refractivity contribution in [2.24, 2.45) is 17.6 Å². The number of Topliss-reactive ketones (excluding diaryl/α,β-unsaturated/α-hetero) is 2. The molecule has 8 N–H and O–H groups in total. The number of hydrogen-bond donors (Lipinski definition) is 6. The molecule has 3 aliphatic carbocycles. The van der Waals surface area contributed by atoms with Crippen LogP contribution >= 0.6 is 0 Å². The van der Waals surface area contributed by atoms with E-state index in [9.17, 15) is 34.8 Å². The van der Waals surface area contributed by atoms with Gasteiger partial charge in [0.2, 0.25) is 5.78 Å². The van der Waals surface area contributed by atoms with E-state index in [1.807, 2.05) is 0 Å². The Morgan fingerprint density at radius 3 is 2.49 bits per heavy atom. The van der Waals surface area contributed by atoms with Crippen LogP contribution in [0.15, 0.2) is 47.4 Å². The minimum atomic E-state index is -2.69. The molecule has 192 valence electrons. The second-order valence-electron chi connectivity index (χ2n) is 9.89. The number of hydrogen-bond acceptors (Lipinski definition) is 10. The maximum Gasteiger partial charge on any atom is 0.255 e. The summed E-state index contributed by atoms with van der Waals surface area (Å²) in [7, 11) is 3.10. The second-order valence-corrected chi connectivity index (χ2v) is 9.89. The number of aliphatic hydroxyl groups excluding tert-OH is 2. The molecule has 1 fully saturated rings. The molecule has 0 radical (unpaired) electrons. The quantitative estimate of drug-likeness (QED) is 0.195. The van der Waals surface area contributed by atoms with E-state index in [2.05, 4.69) is 4.98 Å². The highest BCUT2D eigenvalue weighted by Crippen LogP contribution is 2.54. The van der Waals surface area contributed by atoms with E-state index in [4.69, 9.17) is 11.5 Å². The number of aromatic hydroxyl groups is 1. The van der Waals surface area contributed by atoms with Gasteiger partial charge in [-0.2, -0.15) is 0 Å². The molecule has 37 heavy (non-hydrogen) atoms. The number of primary amides is 1. The summed E-state index contributed by atoms with van der Waals surface area (Å²) in [5, 5.41) is 44.7. The monoisotopic (exact) mass is 506 g/mol. The third-order valence-electron chi connectivity index (χ3n) is 7.69. The Labute approximate surface area is 211 Å². The highest BCUT2D eigenvalue weighted by atomic mass is 16.3. The second kappa shape index (κ2) is 8.15. The van der Waals surface area contributed by atoms with Gasteiger partial charge in [-0.15, -0.1) is 0 Å². The van der Waals surface area contributed by atoms with Gasteiger partial charge in [0.05, 0.1) is 23.0 Å². The van der Waals surface area contributed by atoms with E-state index in [0.717, 1.165) is 0 Å². The lowest BCUT2D eigenvalue weighted by atomic mass is 9.57. The van der Waals surface area contributed by atoms with Crippen LogP contribution in [0, 0.1) is 11.8 Å². The van der Waals surface area contributed by atoms with Gasteiger partial charge in [0, 0.05) is 23.3 Å². The van der Waals surface area contributed by atoms with Gasteiger partial charge in [-0.3, -0.25) is 24.3 Å². The van der Waals surface area contributed by atoms with Crippen LogP contribution in [-0.4, -0.2) is 73.5 Å². The summed E-state index contributed by atoms with van der Waals surface area (Å²) in [6.45, 7) is 0. The molecule has 1 aromatic heterocycles. The first-order chi connectivity index (χ1) is 17.4. The lowest BCUT2D eigenvalue weighted by molar-refractivity contribution is -0.153. The first kappa shape index (κ1) is 24.5. The van der Waals surface area contributed by atoms with E-state index >= 15 is 0 Å². The zero-order valence-electron chi connectivity index (χ0n) is 20.1. The average molecular weight is 507 g/mol. The SMILES string of the molecule is CN(C)C1C(=O)C(C(N)=O)=C(O)[C@@]2(O)C(=O)C3=C(O)c4c(O)c(N)cc(-c5ccccn5)c4C[C@H]3C[C@@H]12. The Hall–Kier alpha value is -4.22. The fourth-order valence-electron chi connectivity index (χ4n) is 6.08. The van der Waals surface area contributed by atoms with E-state index in [1.54, 1.807) is 38.5 Å². The van der Waals surface area contributed by atoms with Crippen LogP contribution in [-0.2, 0) is 20.8 Å². The standard InChI is InChI=1S/C26H26N4O7/c1-30(2)19-13-8-10-7-12-11(15-5-3-4-6-29-15)9-14(27)20(31)17(12)21(32)16(10)23(34)26(13,37)24(35)18(22(19)33)25(28)36/h3-6,9-10,13,19,31-32,35,37H,7-8,27H2,1-2H3,(H2,28,36)/t10-,13-,19?,26-/m0/s1. The summed E-state index contributed by atoms with van der Waals surface area (Å²) in [6.07, 6.45) is 1.73. The van der Waals surface area contributed by atoms with Crippen molar-refractivity contribution in [2.45, 2.75) is 24.5 Å². The number of nitrogens with two attached hydrogens (primary N) is 2. The van der Waals surface area contributed by atoms with Crippen molar-refractivity contribution in [1.29, 1.82) is 0 Å². The minimum absolute atomic E-state index is 0.00143. The van der Waals surface area contributed by atoms with Gasteiger partial charge in [-0.25, -0.2) is 0 Å². The fourth-order valence-corrected chi connectivity index (χ4v) is 6.08. The number of phenols is 1. The van der Waals surface area contributed by atoms with E-state index < -0.39 is 63.8 Å². The highest BCUT2D eigenvalue weighted by molar-refractivity contribution is 6.24. The first-order valence-electron chi connectivity index (χ1n) is 11.6. The van der Waals surface area contributed by atoms with E-state index in [-0.39, 0.29) is 29.7 Å². The molecule has 1 saturated carbocycles. The van der Waals surface area contributed by atoms with Crippen molar-refractivity contribution in [3.8, 4) is 17.0 Å². The number of aliphatic hydroxyl groups is 3. The number of nitrogens with zero attached hydrogens (tertiary/aromatic N) is 2. The molecule has 1 unspecified atom stereocenters. The first-order valence-corrected chi connectivity index (χ1v) is 11.6. The maximum atomic E-state index is 13.9. The lowest BCUT2D eigenvalue weighted by Crippen LogP contribution is -2.65. The van der Waals surface area contributed by atoms with Crippen LogP contribution in [0.25, 0.3) is 17.0 Å². The van der Waals surface area contributed by atoms with Crippen molar-refractivity contribution >= 4 is 28.9 Å². The van der Waals surface area contributed by atoms with Crippen LogP contribution in [0.4, 0.5) is 5.69 Å². The smallest absolute Gasteiger partial charge is 0.255 e. The van der Waals surface area contributed by atoms with Gasteiger partial charge in [-0.05, 0) is 56.6 Å². The Bertz CT molecular complexity index is 1450. The summed E-state index contributed by atoms with van der Waals surface area (Å²) in [5.41, 5.74) is 9.03. The number of pyridine rings is 1. The zero-order valence-corrected chi connectivity index (χ0v) is 20.1. The number of carbonyl (C=O) groups excluding carboxylic acids is 3. The van der Waals surface area contributed by atoms with Crippen LogP contribution in [0.3, 0.4) is 0 Å². The van der Waals surface area contributed by atoms with Gasteiger partial charge < -0.3 is 31.9 Å². The molecule has 1 heterocycles. The predicted molar refractivity (Wildman–Crippen MR) is 132 cm³/mol. The Kier molecular flexibility index (Phi) is 5.39. The molecule has 0 spiro atoms. The van der Waals surface area contributed by atoms with Crippen LogP contribution < -0.4 is 11.5 Å². The number of aromatic nitrogens is 1. The Morgan fingerprint density at radius 2 is 1.89 bits per heavy atom. The van der Waals surface area contributed by atoms with Crippen LogP contribution in [0.1, 0.15) is 17.5 Å². The number of carbonyl (C=O) groups is 3. The van der Waals surface area contributed by atoms with E-state index in [0.29, 0.717) is 16.8 Å². The average Bonchev–Trinajstić information content (AvgIpc) is 2.83. The minimum Gasteiger partial charge on any atom is -0.508 e. The van der Waals surface area contributed by atoms with Gasteiger partial charge in [0.1, 0.15) is 22.8 Å². The summed E-state index contributed by atoms with van der Waals surface area (Å²) in [6, 6.07) is 5.64. The third kappa shape index (κ3) is 3.20. The highest BCUT2D eigenvalue weighted by Gasteiger charge is 2.64. The maximum absolute atomic E-state index is 13.9. The third-order valence-corrected chi connectivity index (χ3v) is 7.69. The largest absolute Gasteiger partial charge is 0.508 e. The van der Waals surface area contributed by atoms with Crippen molar-refractivity contribution in [3.05, 3.63) is 58.5 Å². The molecule has 11 nitrogen and oxygen atoms in total. The topological polar surface area (TPSA) is 200 Å². The molecule has 11 heteroatoms. The molecule has 0 aliphatic heterocycles. The molecule has 3 aliphatic rings. The molecular formula is C26H26N4O7. The van der Waals surface area contributed by atoms with Gasteiger partial charge in [-0.1, -0.05) is 6.07 Å². The number of amides is 1. The van der Waals surface area contributed by atoms with Crippen molar-refractivity contribution < 1.29 is 34.8 Å². The van der Waals surface area contributed by atoms with Crippen molar-refractivity contribution in [1.82, 2.24) is 9.88 Å². The molecule has 0 bridgehead atoms. The van der Waals surface area contributed by atoms with Crippen LogP contribution in [0.2, 0.25) is 0 Å². The van der Waals surface area contributed by atoms with Crippen molar-refractivity contribution in [2.75, 3.05) is 19.8 Å². The summed E-state index contributed by atoms with van der Waals surface area (Å²) >= 11 is 0. The molecule has 4 atom stereocenters. The fraction of sp³-hybridized carbons (Fsp3) is 0.308. The summed E-state index contributed by atoms with van der Waals surface area (Å²) in [5.74, 6) is -7.16. The lowest BCUT2D eigenvalue weighted by Gasteiger charge is -2.50. The number of nitrogen functional groups attached to an aromatic ring is 1. The number of rotatable bonds is 3. The molecular weight excluding hydrogens is 480 g/mol. The Balaban J connectivity index is 1.77. The van der Waals surface area contributed by atoms with Gasteiger partial charge >= 0.3 is 0 Å².